The van der Waals surface area contributed by atoms with Crippen LogP contribution >= 0.6 is 11.6 Å². The molecule has 0 saturated carbocycles. The summed E-state index contributed by atoms with van der Waals surface area (Å²) < 4.78 is 0. The van der Waals surface area contributed by atoms with Crippen LogP contribution in [0.2, 0.25) is 5.02 Å². The van der Waals surface area contributed by atoms with E-state index in [1.807, 2.05) is 13.8 Å². The number of rotatable bonds is 6. The number of amides is 4. The topological polar surface area (TPSA) is 78.5 Å². The first-order valence-electron chi connectivity index (χ1n) is 7.98. The molecule has 1 aliphatic rings. The third kappa shape index (κ3) is 3.53. The van der Waals surface area contributed by atoms with Gasteiger partial charge in [0.1, 0.15) is 12.1 Å². The van der Waals surface area contributed by atoms with E-state index in [4.69, 9.17) is 11.6 Å². The first kappa shape index (κ1) is 18.3. The molecule has 1 aromatic rings. The van der Waals surface area contributed by atoms with Gasteiger partial charge in [-0.2, -0.15) is 0 Å². The van der Waals surface area contributed by atoms with Crippen molar-refractivity contribution < 1.29 is 14.4 Å². The lowest BCUT2D eigenvalue weighted by molar-refractivity contribution is -0.135. The highest BCUT2D eigenvalue weighted by Gasteiger charge is 2.50. The number of halogens is 1. The van der Waals surface area contributed by atoms with E-state index in [0.717, 1.165) is 17.7 Å². The van der Waals surface area contributed by atoms with Crippen LogP contribution in [0.25, 0.3) is 0 Å². The fourth-order valence-corrected chi connectivity index (χ4v) is 3.18. The number of benzene rings is 1. The molecule has 1 saturated heterocycles. The fraction of sp³-hybridized carbons (Fsp3) is 0.471. The summed E-state index contributed by atoms with van der Waals surface area (Å²) in [7, 11) is 0. The second-order valence-electron chi connectivity index (χ2n) is 6.18. The molecule has 7 heteroatoms. The van der Waals surface area contributed by atoms with Crippen LogP contribution in [-0.2, 0) is 15.1 Å². The van der Waals surface area contributed by atoms with Crippen LogP contribution in [0.3, 0.4) is 0 Å². The Morgan fingerprint density at radius 2 is 2.04 bits per heavy atom. The molecule has 1 fully saturated rings. The van der Waals surface area contributed by atoms with Crippen LogP contribution in [0.15, 0.2) is 24.3 Å². The van der Waals surface area contributed by atoms with Crippen molar-refractivity contribution >= 4 is 29.4 Å². The van der Waals surface area contributed by atoms with Gasteiger partial charge in [-0.3, -0.25) is 14.5 Å². The second kappa shape index (κ2) is 7.21. The van der Waals surface area contributed by atoms with E-state index in [1.165, 1.54) is 0 Å². The van der Waals surface area contributed by atoms with Crippen molar-refractivity contribution in [1.29, 1.82) is 0 Å². The summed E-state index contributed by atoms with van der Waals surface area (Å²) in [4.78, 5) is 38.0. The summed E-state index contributed by atoms with van der Waals surface area (Å²) in [6.45, 7) is 5.20. The second-order valence-corrected chi connectivity index (χ2v) is 6.59. The third-order valence-corrected chi connectivity index (χ3v) is 4.45. The first-order chi connectivity index (χ1) is 11.3. The molecule has 24 heavy (non-hydrogen) atoms. The average molecular weight is 352 g/mol. The SMILES string of the molecule is CCC[C@@H](C)NC(=O)CN1C(=O)N[C@](C)(c2ccccc2Cl)C1=O. The van der Waals surface area contributed by atoms with E-state index in [2.05, 4.69) is 10.6 Å². The molecule has 0 spiro atoms. The predicted molar refractivity (Wildman–Crippen MR) is 91.6 cm³/mol. The monoisotopic (exact) mass is 351 g/mol. The summed E-state index contributed by atoms with van der Waals surface area (Å²) in [6, 6.07) is 6.24. The molecule has 0 bridgehead atoms. The summed E-state index contributed by atoms with van der Waals surface area (Å²) >= 11 is 6.16. The molecular formula is C17H22ClN3O3. The van der Waals surface area contributed by atoms with Gasteiger partial charge in [0, 0.05) is 16.6 Å². The highest BCUT2D eigenvalue weighted by atomic mass is 35.5. The molecule has 1 heterocycles. The zero-order valence-electron chi connectivity index (χ0n) is 14.1. The van der Waals surface area contributed by atoms with Crippen LogP contribution in [0.1, 0.15) is 39.2 Å². The number of nitrogens with zero attached hydrogens (tertiary/aromatic N) is 1. The van der Waals surface area contributed by atoms with Gasteiger partial charge in [-0.05, 0) is 26.3 Å². The zero-order chi connectivity index (χ0) is 17.9. The average Bonchev–Trinajstić information content (AvgIpc) is 2.72. The quantitative estimate of drug-likeness (QED) is 0.772. The minimum Gasteiger partial charge on any atom is -0.352 e. The molecule has 1 aromatic carbocycles. The Morgan fingerprint density at radius 3 is 2.67 bits per heavy atom. The number of carbonyl (C=O) groups excluding carboxylic acids is 3. The lowest BCUT2D eigenvalue weighted by atomic mass is 9.92. The number of urea groups is 1. The molecule has 0 aromatic heterocycles. The molecule has 4 amide bonds. The normalized spacial score (nSPS) is 21.6. The Kier molecular flexibility index (Phi) is 5.49. The summed E-state index contributed by atoms with van der Waals surface area (Å²) in [5, 5.41) is 5.82. The highest BCUT2D eigenvalue weighted by Crippen LogP contribution is 2.33. The van der Waals surface area contributed by atoms with E-state index in [1.54, 1.807) is 31.2 Å². The van der Waals surface area contributed by atoms with Crippen molar-refractivity contribution in [1.82, 2.24) is 15.5 Å². The van der Waals surface area contributed by atoms with Crippen LogP contribution in [0.5, 0.6) is 0 Å². The van der Waals surface area contributed by atoms with Crippen molar-refractivity contribution in [2.24, 2.45) is 0 Å². The number of carbonyl (C=O) groups is 3. The summed E-state index contributed by atoms with van der Waals surface area (Å²) in [6.07, 6.45) is 1.78. The zero-order valence-corrected chi connectivity index (χ0v) is 14.8. The van der Waals surface area contributed by atoms with Gasteiger partial charge in [-0.15, -0.1) is 0 Å². The molecule has 2 N–H and O–H groups in total. The van der Waals surface area contributed by atoms with Gasteiger partial charge in [-0.1, -0.05) is 43.1 Å². The van der Waals surface area contributed by atoms with E-state index >= 15 is 0 Å². The van der Waals surface area contributed by atoms with Gasteiger partial charge in [0.25, 0.3) is 5.91 Å². The third-order valence-electron chi connectivity index (χ3n) is 4.12. The van der Waals surface area contributed by atoms with Gasteiger partial charge in [0.2, 0.25) is 5.91 Å². The van der Waals surface area contributed by atoms with Gasteiger partial charge in [0.05, 0.1) is 0 Å². The number of imide groups is 1. The molecule has 1 aliphatic heterocycles. The van der Waals surface area contributed by atoms with Crippen molar-refractivity contribution in [2.75, 3.05) is 6.54 Å². The van der Waals surface area contributed by atoms with Crippen molar-refractivity contribution in [2.45, 2.75) is 45.2 Å². The van der Waals surface area contributed by atoms with Crippen molar-refractivity contribution in [3.05, 3.63) is 34.9 Å². The molecule has 0 radical (unpaired) electrons. The molecule has 130 valence electrons. The van der Waals surface area contributed by atoms with E-state index in [-0.39, 0.29) is 18.5 Å². The smallest absolute Gasteiger partial charge is 0.325 e. The highest BCUT2D eigenvalue weighted by molar-refractivity contribution is 6.32. The molecule has 2 rings (SSSR count). The summed E-state index contributed by atoms with van der Waals surface area (Å²) in [5.41, 5.74) is -0.766. The maximum Gasteiger partial charge on any atom is 0.325 e. The van der Waals surface area contributed by atoms with Gasteiger partial charge in [-0.25, -0.2) is 4.79 Å². The minimum atomic E-state index is -1.27. The van der Waals surface area contributed by atoms with Crippen molar-refractivity contribution in [3.63, 3.8) is 0 Å². The lowest BCUT2D eigenvalue weighted by Crippen LogP contribution is -2.45. The Bertz CT molecular complexity index is 664. The maximum absolute atomic E-state index is 12.7. The standard InChI is InChI=1S/C17H22ClN3O3/c1-4-7-11(2)19-14(22)10-21-15(23)17(3,20-16(21)24)12-8-5-6-9-13(12)18/h5-6,8-9,11H,4,7,10H2,1-3H3,(H,19,22)(H,20,24)/t11-,17-/m1/s1. The van der Waals surface area contributed by atoms with Crippen molar-refractivity contribution in [3.8, 4) is 0 Å². The Labute approximate surface area is 146 Å². The number of hydrogen-bond donors (Lipinski definition) is 2. The predicted octanol–water partition coefficient (Wildman–Crippen LogP) is 2.41. The van der Waals surface area contributed by atoms with Crippen LogP contribution in [0.4, 0.5) is 4.79 Å². The first-order valence-corrected chi connectivity index (χ1v) is 8.36. The van der Waals surface area contributed by atoms with Crippen LogP contribution < -0.4 is 10.6 Å². The van der Waals surface area contributed by atoms with Gasteiger partial charge >= 0.3 is 6.03 Å². The molecule has 6 nitrogen and oxygen atoms in total. The molecule has 0 unspecified atom stereocenters. The molecular weight excluding hydrogens is 330 g/mol. The fourth-order valence-electron chi connectivity index (χ4n) is 2.86. The Morgan fingerprint density at radius 1 is 1.38 bits per heavy atom. The molecule has 0 aliphatic carbocycles. The maximum atomic E-state index is 12.7. The van der Waals surface area contributed by atoms with E-state index in [9.17, 15) is 14.4 Å². The Balaban J connectivity index is 2.14. The van der Waals surface area contributed by atoms with Gasteiger partial charge < -0.3 is 10.6 Å². The van der Waals surface area contributed by atoms with E-state index in [0.29, 0.717) is 10.6 Å². The minimum absolute atomic E-state index is 0.00165. The van der Waals surface area contributed by atoms with Gasteiger partial charge in [0.15, 0.2) is 0 Å². The number of hydrogen-bond acceptors (Lipinski definition) is 3. The summed E-state index contributed by atoms with van der Waals surface area (Å²) in [5.74, 6) is -0.846. The molecule has 2 atom stereocenters. The largest absolute Gasteiger partial charge is 0.352 e. The number of nitrogens with one attached hydrogen (secondary N) is 2. The van der Waals surface area contributed by atoms with E-state index < -0.39 is 17.5 Å². The lowest BCUT2D eigenvalue weighted by Gasteiger charge is -2.23. The Hall–Kier alpha value is -2.08. The van der Waals surface area contributed by atoms with Crippen LogP contribution in [0, 0.1) is 0 Å². The van der Waals surface area contributed by atoms with Crippen LogP contribution in [-0.4, -0.2) is 35.3 Å².